The van der Waals surface area contributed by atoms with Gasteiger partial charge in [-0.15, -0.1) is 0 Å². The van der Waals surface area contributed by atoms with Gasteiger partial charge < -0.3 is 4.74 Å². The molecule has 0 aliphatic rings. The average Bonchev–Trinajstić information content (AvgIpc) is 2.70. The van der Waals surface area contributed by atoms with E-state index in [4.69, 9.17) is 4.74 Å². The fourth-order valence-electron chi connectivity index (χ4n) is 2.94. The van der Waals surface area contributed by atoms with Gasteiger partial charge >= 0.3 is 5.97 Å². The molecular weight excluding hydrogens is 324 g/mol. The van der Waals surface area contributed by atoms with E-state index in [1.54, 1.807) is 19.1 Å². The van der Waals surface area contributed by atoms with Gasteiger partial charge in [0.2, 0.25) is 0 Å². The number of esters is 1. The lowest BCUT2D eigenvalue weighted by molar-refractivity contribution is 0.0526. The number of Topliss-reactive ketones (excluding diaryl/α,β-unsaturated/α-hetero) is 1. The Morgan fingerprint density at radius 2 is 1.27 bits per heavy atom. The van der Waals surface area contributed by atoms with Crippen LogP contribution in [0, 0.1) is 0 Å². The van der Waals surface area contributed by atoms with Crippen molar-refractivity contribution in [2.24, 2.45) is 0 Å². The van der Waals surface area contributed by atoms with Gasteiger partial charge in [-0.05, 0) is 30.2 Å². The standard InChI is InChI=1S/C23H20O3/c1-2-26-23(25)20-15-13-18(14-16-20)21(17-9-5-3-6-10-17)22(24)19-11-7-4-8-12-19/h3-16,21H,2H2,1H3/t21-/m1/s1. The van der Waals surface area contributed by atoms with Gasteiger partial charge in [-0.2, -0.15) is 0 Å². The molecular formula is C23H20O3. The van der Waals surface area contributed by atoms with Gasteiger partial charge in [0.25, 0.3) is 0 Å². The summed E-state index contributed by atoms with van der Waals surface area (Å²) in [5, 5.41) is 0. The maximum absolute atomic E-state index is 13.2. The Balaban J connectivity index is 1.99. The first-order chi connectivity index (χ1) is 12.7. The first kappa shape index (κ1) is 17.6. The van der Waals surface area contributed by atoms with Crippen molar-refractivity contribution in [3.63, 3.8) is 0 Å². The highest BCUT2D eigenvalue weighted by atomic mass is 16.5. The summed E-state index contributed by atoms with van der Waals surface area (Å²) in [5.74, 6) is -0.750. The summed E-state index contributed by atoms with van der Waals surface area (Å²) in [4.78, 5) is 25.0. The number of ether oxygens (including phenoxy) is 1. The molecule has 0 unspecified atom stereocenters. The zero-order chi connectivity index (χ0) is 18.4. The van der Waals surface area contributed by atoms with E-state index in [9.17, 15) is 9.59 Å². The molecule has 3 heteroatoms. The molecule has 3 aromatic carbocycles. The summed E-state index contributed by atoms with van der Waals surface area (Å²) in [6, 6.07) is 26.0. The van der Waals surface area contributed by atoms with Crippen LogP contribution in [0.15, 0.2) is 84.9 Å². The number of ketones is 1. The summed E-state index contributed by atoms with van der Waals surface area (Å²) < 4.78 is 5.02. The van der Waals surface area contributed by atoms with E-state index in [1.807, 2.05) is 72.8 Å². The molecule has 0 spiro atoms. The van der Waals surface area contributed by atoms with Crippen LogP contribution in [0.2, 0.25) is 0 Å². The molecule has 1 atom stereocenters. The first-order valence-electron chi connectivity index (χ1n) is 8.62. The van der Waals surface area contributed by atoms with Crippen molar-refractivity contribution < 1.29 is 14.3 Å². The van der Waals surface area contributed by atoms with Gasteiger partial charge in [0.1, 0.15) is 0 Å². The van der Waals surface area contributed by atoms with Crippen LogP contribution in [0.25, 0.3) is 0 Å². The molecule has 0 fully saturated rings. The Bertz CT molecular complexity index is 868. The number of benzene rings is 3. The van der Waals surface area contributed by atoms with Crippen LogP contribution in [-0.2, 0) is 4.74 Å². The Hall–Kier alpha value is -3.20. The first-order valence-corrected chi connectivity index (χ1v) is 8.62. The van der Waals surface area contributed by atoms with Gasteiger partial charge in [0.05, 0.1) is 18.1 Å². The maximum atomic E-state index is 13.2. The molecule has 3 nitrogen and oxygen atoms in total. The molecule has 0 saturated heterocycles. The van der Waals surface area contributed by atoms with E-state index in [1.165, 1.54) is 0 Å². The third-order valence-corrected chi connectivity index (χ3v) is 4.21. The van der Waals surface area contributed by atoms with Gasteiger partial charge in [-0.3, -0.25) is 4.79 Å². The molecule has 26 heavy (non-hydrogen) atoms. The minimum absolute atomic E-state index is 0.0284. The van der Waals surface area contributed by atoms with Gasteiger partial charge in [0.15, 0.2) is 5.78 Å². The van der Waals surface area contributed by atoms with Crippen LogP contribution in [0.3, 0.4) is 0 Å². The molecule has 0 aliphatic heterocycles. The fourth-order valence-corrected chi connectivity index (χ4v) is 2.94. The normalized spacial score (nSPS) is 11.6. The van der Waals surface area contributed by atoms with Crippen molar-refractivity contribution >= 4 is 11.8 Å². The quantitative estimate of drug-likeness (QED) is 0.473. The van der Waals surface area contributed by atoms with Gasteiger partial charge in [0, 0.05) is 5.56 Å². The monoisotopic (exact) mass is 344 g/mol. The molecule has 0 amide bonds. The van der Waals surface area contributed by atoms with Crippen LogP contribution >= 0.6 is 0 Å². The van der Waals surface area contributed by atoms with Crippen molar-refractivity contribution in [2.45, 2.75) is 12.8 Å². The highest BCUT2D eigenvalue weighted by molar-refractivity contribution is 6.03. The number of rotatable bonds is 6. The van der Waals surface area contributed by atoms with Gasteiger partial charge in [-0.25, -0.2) is 4.79 Å². The molecule has 0 aliphatic carbocycles. The topological polar surface area (TPSA) is 43.4 Å². The lowest BCUT2D eigenvalue weighted by Crippen LogP contribution is -2.15. The second-order valence-corrected chi connectivity index (χ2v) is 5.92. The SMILES string of the molecule is CCOC(=O)c1ccc([C@H](C(=O)c2ccccc2)c2ccccc2)cc1. The zero-order valence-corrected chi connectivity index (χ0v) is 14.6. The van der Waals surface area contributed by atoms with Crippen LogP contribution in [0.4, 0.5) is 0 Å². The zero-order valence-electron chi connectivity index (χ0n) is 14.6. The van der Waals surface area contributed by atoms with Crippen molar-refractivity contribution in [1.29, 1.82) is 0 Å². The Morgan fingerprint density at radius 1 is 0.731 bits per heavy atom. The average molecular weight is 344 g/mol. The highest BCUT2D eigenvalue weighted by Gasteiger charge is 2.24. The Kier molecular flexibility index (Phi) is 5.59. The predicted octanol–water partition coefficient (Wildman–Crippen LogP) is 4.88. The molecule has 0 heterocycles. The molecule has 0 bridgehead atoms. The summed E-state index contributed by atoms with van der Waals surface area (Å²) >= 11 is 0. The molecule has 0 N–H and O–H groups in total. The third-order valence-electron chi connectivity index (χ3n) is 4.21. The molecule has 0 saturated carbocycles. The van der Waals surface area contributed by atoms with E-state index >= 15 is 0 Å². The molecule has 0 radical (unpaired) electrons. The minimum Gasteiger partial charge on any atom is -0.462 e. The molecule has 0 aromatic heterocycles. The van der Waals surface area contributed by atoms with Crippen LogP contribution in [0.5, 0.6) is 0 Å². The van der Waals surface area contributed by atoms with Crippen molar-refractivity contribution in [3.05, 3.63) is 107 Å². The number of hydrogen-bond acceptors (Lipinski definition) is 3. The van der Waals surface area contributed by atoms with Gasteiger partial charge in [-0.1, -0.05) is 72.8 Å². The van der Waals surface area contributed by atoms with Crippen molar-refractivity contribution in [3.8, 4) is 0 Å². The Labute approximate surface area is 153 Å². The van der Waals surface area contributed by atoms with Crippen LogP contribution < -0.4 is 0 Å². The van der Waals surface area contributed by atoms with Crippen molar-refractivity contribution in [1.82, 2.24) is 0 Å². The van der Waals surface area contributed by atoms with E-state index in [0.717, 1.165) is 11.1 Å². The van der Waals surface area contributed by atoms with Crippen LogP contribution in [0.1, 0.15) is 44.7 Å². The maximum Gasteiger partial charge on any atom is 0.338 e. The third kappa shape index (κ3) is 3.89. The number of carbonyl (C=O) groups is 2. The van der Waals surface area contributed by atoms with E-state index in [0.29, 0.717) is 17.7 Å². The Morgan fingerprint density at radius 3 is 1.85 bits per heavy atom. The van der Waals surface area contributed by atoms with E-state index in [-0.39, 0.29) is 11.8 Å². The van der Waals surface area contributed by atoms with E-state index in [2.05, 4.69) is 0 Å². The summed E-state index contributed by atoms with van der Waals surface area (Å²) in [7, 11) is 0. The lowest BCUT2D eigenvalue weighted by Gasteiger charge is -2.17. The molecule has 3 rings (SSSR count). The number of carbonyl (C=O) groups excluding carboxylic acids is 2. The number of hydrogen-bond donors (Lipinski definition) is 0. The molecule has 130 valence electrons. The smallest absolute Gasteiger partial charge is 0.338 e. The van der Waals surface area contributed by atoms with Crippen molar-refractivity contribution in [2.75, 3.05) is 6.61 Å². The second kappa shape index (κ2) is 8.26. The van der Waals surface area contributed by atoms with E-state index < -0.39 is 5.92 Å². The lowest BCUT2D eigenvalue weighted by atomic mass is 9.84. The van der Waals surface area contributed by atoms with Crippen LogP contribution in [-0.4, -0.2) is 18.4 Å². The summed E-state index contributed by atoms with van der Waals surface area (Å²) in [6.45, 7) is 2.11. The fraction of sp³-hybridized carbons (Fsp3) is 0.130. The predicted molar refractivity (Wildman–Crippen MR) is 101 cm³/mol. The summed E-state index contributed by atoms with van der Waals surface area (Å²) in [5.41, 5.74) is 2.91. The highest BCUT2D eigenvalue weighted by Crippen LogP contribution is 2.29. The summed E-state index contributed by atoms with van der Waals surface area (Å²) in [6.07, 6.45) is 0. The minimum atomic E-state index is -0.421. The molecule has 3 aromatic rings. The second-order valence-electron chi connectivity index (χ2n) is 5.92. The largest absolute Gasteiger partial charge is 0.462 e.